The molecule has 0 aliphatic heterocycles. The zero-order valence-electron chi connectivity index (χ0n) is 16.6. The van der Waals surface area contributed by atoms with E-state index in [4.69, 9.17) is 16.3 Å². The van der Waals surface area contributed by atoms with Crippen LogP contribution in [0.3, 0.4) is 0 Å². The summed E-state index contributed by atoms with van der Waals surface area (Å²) in [5.41, 5.74) is 3.20. The highest BCUT2D eigenvalue weighted by molar-refractivity contribution is 9.10. The first-order chi connectivity index (χ1) is 14.8. The summed E-state index contributed by atoms with van der Waals surface area (Å²) in [7, 11) is 0. The zero-order chi connectivity index (χ0) is 22.4. The van der Waals surface area contributed by atoms with Crippen LogP contribution < -0.4 is 15.4 Å². The number of hydrogen-bond acceptors (Lipinski definition) is 4. The van der Waals surface area contributed by atoms with Crippen LogP contribution in [-0.2, 0) is 11.3 Å². The molecule has 6 nitrogen and oxygen atoms in total. The molecule has 3 N–H and O–H groups in total. The van der Waals surface area contributed by atoms with E-state index in [0.717, 1.165) is 15.6 Å². The van der Waals surface area contributed by atoms with Crippen LogP contribution in [0.1, 0.15) is 21.5 Å². The first kappa shape index (κ1) is 22.7. The lowest BCUT2D eigenvalue weighted by atomic mass is 10.1. The van der Waals surface area contributed by atoms with E-state index in [2.05, 4.69) is 26.6 Å². The quantitative estimate of drug-likeness (QED) is 0.365. The molecule has 0 aliphatic rings. The molecule has 0 bridgehead atoms. The van der Waals surface area contributed by atoms with Crippen LogP contribution in [0, 0.1) is 6.92 Å². The molecule has 0 saturated carbocycles. The van der Waals surface area contributed by atoms with E-state index in [-0.39, 0.29) is 18.1 Å². The monoisotopic (exact) mass is 502 g/mol. The molecule has 0 aliphatic carbocycles. The van der Waals surface area contributed by atoms with Gasteiger partial charge in [-0.25, -0.2) is 4.79 Å². The van der Waals surface area contributed by atoms with Gasteiger partial charge < -0.3 is 20.5 Å². The maximum absolute atomic E-state index is 12.2. The van der Waals surface area contributed by atoms with Crippen molar-refractivity contribution >= 4 is 50.8 Å². The van der Waals surface area contributed by atoms with E-state index in [0.29, 0.717) is 28.7 Å². The lowest BCUT2D eigenvalue weighted by Gasteiger charge is -2.14. The van der Waals surface area contributed by atoms with Gasteiger partial charge in [0.1, 0.15) is 5.75 Å². The van der Waals surface area contributed by atoms with Crippen molar-refractivity contribution in [3.8, 4) is 5.75 Å². The van der Waals surface area contributed by atoms with Gasteiger partial charge in [-0.15, -0.1) is 0 Å². The van der Waals surface area contributed by atoms with Crippen LogP contribution in [0.5, 0.6) is 5.75 Å². The average molecular weight is 504 g/mol. The second-order valence-electron chi connectivity index (χ2n) is 6.81. The number of amides is 1. The number of carbonyl (C=O) groups excluding carboxylic acids is 1. The highest BCUT2D eigenvalue weighted by atomic mass is 79.9. The third-order valence-corrected chi connectivity index (χ3v) is 5.22. The summed E-state index contributed by atoms with van der Waals surface area (Å²) in [5.74, 6) is -0.783. The van der Waals surface area contributed by atoms with Gasteiger partial charge in [-0.1, -0.05) is 45.2 Å². The van der Waals surface area contributed by atoms with Crippen LogP contribution in [0.4, 0.5) is 11.4 Å². The highest BCUT2D eigenvalue weighted by Gasteiger charge is 2.11. The number of benzene rings is 3. The largest absolute Gasteiger partial charge is 0.483 e. The van der Waals surface area contributed by atoms with Gasteiger partial charge >= 0.3 is 5.97 Å². The Balaban J connectivity index is 1.66. The molecule has 3 rings (SSSR count). The van der Waals surface area contributed by atoms with Gasteiger partial charge in [-0.2, -0.15) is 0 Å². The molecule has 31 heavy (non-hydrogen) atoms. The molecule has 160 valence electrons. The van der Waals surface area contributed by atoms with Crippen LogP contribution in [0.15, 0.2) is 65.1 Å². The molecule has 0 spiro atoms. The van der Waals surface area contributed by atoms with Crippen LogP contribution in [0.25, 0.3) is 0 Å². The van der Waals surface area contributed by atoms with Crippen molar-refractivity contribution in [2.45, 2.75) is 13.5 Å². The average Bonchev–Trinajstić information content (AvgIpc) is 2.74. The molecule has 0 aromatic heterocycles. The Morgan fingerprint density at radius 3 is 2.52 bits per heavy atom. The first-order valence-corrected chi connectivity index (χ1v) is 10.5. The van der Waals surface area contributed by atoms with E-state index in [1.165, 1.54) is 18.2 Å². The van der Waals surface area contributed by atoms with E-state index in [1.807, 2.05) is 43.3 Å². The third kappa shape index (κ3) is 6.47. The Labute approximate surface area is 193 Å². The summed E-state index contributed by atoms with van der Waals surface area (Å²) in [6.45, 7) is 2.14. The second-order valence-corrected chi connectivity index (χ2v) is 8.13. The number of halogens is 2. The minimum atomic E-state index is -1.04. The maximum atomic E-state index is 12.2. The summed E-state index contributed by atoms with van der Waals surface area (Å²) in [5, 5.41) is 15.5. The van der Waals surface area contributed by atoms with E-state index >= 15 is 0 Å². The predicted octanol–water partition coefficient (Wildman–Crippen LogP) is 5.74. The van der Waals surface area contributed by atoms with Gasteiger partial charge in [0.05, 0.1) is 16.3 Å². The van der Waals surface area contributed by atoms with Gasteiger partial charge in [0.15, 0.2) is 6.61 Å². The summed E-state index contributed by atoms with van der Waals surface area (Å²) in [6, 6.07) is 17.4. The van der Waals surface area contributed by atoms with Crippen molar-refractivity contribution in [1.29, 1.82) is 0 Å². The molecule has 0 atom stereocenters. The molecule has 0 heterocycles. The van der Waals surface area contributed by atoms with Crippen molar-refractivity contribution in [1.82, 2.24) is 0 Å². The minimum Gasteiger partial charge on any atom is -0.483 e. The number of aryl methyl sites for hydroxylation is 1. The molecule has 0 radical (unpaired) electrons. The van der Waals surface area contributed by atoms with Gasteiger partial charge in [0.25, 0.3) is 5.91 Å². The van der Waals surface area contributed by atoms with Crippen LogP contribution in [0.2, 0.25) is 5.02 Å². The van der Waals surface area contributed by atoms with Crippen molar-refractivity contribution in [2.24, 2.45) is 0 Å². The Kier molecular flexibility index (Phi) is 7.55. The maximum Gasteiger partial charge on any atom is 0.335 e. The number of ether oxygens (including phenoxy) is 1. The van der Waals surface area contributed by atoms with Gasteiger partial charge in [-0.3, -0.25) is 4.79 Å². The molecule has 8 heteroatoms. The number of rotatable bonds is 8. The van der Waals surface area contributed by atoms with Gasteiger partial charge in [0, 0.05) is 22.3 Å². The lowest BCUT2D eigenvalue weighted by Crippen LogP contribution is -2.20. The zero-order valence-corrected chi connectivity index (χ0v) is 19.0. The van der Waals surface area contributed by atoms with Crippen molar-refractivity contribution in [3.63, 3.8) is 0 Å². The summed E-state index contributed by atoms with van der Waals surface area (Å²) >= 11 is 9.61. The molecule has 3 aromatic carbocycles. The Morgan fingerprint density at radius 1 is 1.06 bits per heavy atom. The molecule has 0 saturated heterocycles. The minimum absolute atomic E-state index is 0.130. The third-order valence-electron chi connectivity index (χ3n) is 4.40. The molecular weight excluding hydrogens is 484 g/mol. The SMILES string of the molecule is Cc1ccc(NC(=O)COc2ccc(Br)cc2CNc2cc(C(=O)O)ccc2Cl)cc1. The lowest BCUT2D eigenvalue weighted by molar-refractivity contribution is -0.118. The number of anilines is 2. The Bertz CT molecular complexity index is 1100. The fourth-order valence-electron chi connectivity index (χ4n) is 2.79. The van der Waals surface area contributed by atoms with E-state index in [1.54, 1.807) is 6.07 Å². The summed E-state index contributed by atoms with van der Waals surface area (Å²) < 4.78 is 6.57. The smallest absolute Gasteiger partial charge is 0.335 e. The Hall–Kier alpha value is -3.03. The molecule has 1 amide bonds. The van der Waals surface area contributed by atoms with Crippen molar-refractivity contribution < 1.29 is 19.4 Å². The number of nitrogens with one attached hydrogen (secondary N) is 2. The number of aromatic carboxylic acids is 1. The number of hydrogen-bond donors (Lipinski definition) is 3. The predicted molar refractivity (Wildman–Crippen MR) is 125 cm³/mol. The fourth-order valence-corrected chi connectivity index (χ4v) is 3.38. The molecule has 0 fully saturated rings. The van der Waals surface area contributed by atoms with E-state index in [9.17, 15) is 14.7 Å². The van der Waals surface area contributed by atoms with Crippen molar-refractivity contribution in [2.75, 3.05) is 17.2 Å². The number of carbonyl (C=O) groups is 2. The highest BCUT2D eigenvalue weighted by Crippen LogP contribution is 2.27. The van der Waals surface area contributed by atoms with Crippen LogP contribution in [-0.4, -0.2) is 23.6 Å². The standard InChI is InChI=1S/C23H20BrClN2O4/c1-14-2-6-18(7-3-14)27-22(28)13-31-21-9-5-17(24)10-16(21)12-26-20-11-15(23(29)30)4-8-19(20)25/h2-11,26H,12-13H2,1H3,(H,27,28)(H,29,30). The summed E-state index contributed by atoms with van der Waals surface area (Å²) in [6.07, 6.45) is 0. The van der Waals surface area contributed by atoms with Crippen LogP contribution >= 0.6 is 27.5 Å². The normalized spacial score (nSPS) is 10.4. The van der Waals surface area contributed by atoms with Gasteiger partial charge in [0.2, 0.25) is 0 Å². The Morgan fingerprint density at radius 2 is 1.81 bits per heavy atom. The molecular formula is C23H20BrClN2O4. The first-order valence-electron chi connectivity index (χ1n) is 9.36. The van der Waals surface area contributed by atoms with Gasteiger partial charge in [-0.05, 0) is 55.5 Å². The fraction of sp³-hybridized carbons (Fsp3) is 0.130. The second kappa shape index (κ2) is 10.3. The van der Waals surface area contributed by atoms with E-state index < -0.39 is 5.97 Å². The topological polar surface area (TPSA) is 87.7 Å². The number of carboxylic acid groups (broad SMARTS) is 1. The molecule has 3 aromatic rings. The number of carboxylic acids is 1. The summed E-state index contributed by atoms with van der Waals surface area (Å²) in [4.78, 5) is 23.4. The van der Waals surface area contributed by atoms with Crippen molar-refractivity contribution in [3.05, 3.63) is 86.8 Å². The molecule has 0 unspecified atom stereocenters.